The maximum atomic E-state index is 13.4. The second-order valence-electron chi connectivity index (χ2n) is 9.21. The lowest BCUT2D eigenvalue weighted by Gasteiger charge is -2.40. The van der Waals surface area contributed by atoms with E-state index in [1.165, 1.54) is 34.0 Å². The molecule has 1 fully saturated rings. The van der Waals surface area contributed by atoms with Gasteiger partial charge in [0.15, 0.2) is 16.6 Å². The number of hydrogen-bond acceptors (Lipinski definition) is 9. The number of aryl methyl sites for hydroxylation is 1. The largest absolute Gasteiger partial charge is 0.383 e. The van der Waals surface area contributed by atoms with Crippen LogP contribution in [0.15, 0.2) is 41.8 Å². The topological polar surface area (TPSA) is 96.2 Å². The summed E-state index contributed by atoms with van der Waals surface area (Å²) in [4.78, 5) is 13.6. The van der Waals surface area contributed by atoms with Crippen LogP contribution in [0.1, 0.15) is 12.6 Å². The van der Waals surface area contributed by atoms with Crippen LogP contribution in [-0.4, -0.2) is 85.0 Å². The Bertz CT molecular complexity index is 1540. The average molecular weight is 560 g/mol. The molecule has 1 aliphatic heterocycles. The lowest BCUT2D eigenvalue weighted by atomic mass is 10.2. The predicted molar refractivity (Wildman–Crippen MR) is 147 cm³/mol. The maximum absolute atomic E-state index is 13.4. The molecule has 1 aliphatic rings. The highest BCUT2D eigenvalue weighted by Crippen LogP contribution is 2.34. The Morgan fingerprint density at radius 2 is 1.92 bits per heavy atom. The molecule has 0 amide bonds. The van der Waals surface area contributed by atoms with Gasteiger partial charge in [-0.1, -0.05) is 6.92 Å². The number of hydrogen-bond donors (Lipinski definition) is 0. The van der Waals surface area contributed by atoms with Crippen LogP contribution < -0.4 is 9.80 Å². The quantitative estimate of drug-likeness (QED) is 0.324. The van der Waals surface area contributed by atoms with Crippen molar-refractivity contribution >= 4 is 43.8 Å². The van der Waals surface area contributed by atoms with E-state index in [2.05, 4.69) is 4.90 Å². The maximum Gasteiger partial charge on any atom is 0.211 e. The third kappa shape index (κ3) is 5.10. The Kier molecular flexibility index (Phi) is 7.36. The lowest BCUT2D eigenvalue weighted by molar-refractivity contribution is 0.126. The van der Waals surface area contributed by atoms with Gasteiger partial charge < -0.3 is 14.5 Å². The fraction of sp³-hybridized carbons (Fsp3) is 0.400. The van der Waals surface area contributed by atoms with Gasteiger partial charge >= 0.3 is 0 Å². The van der Waals surface area contributed by atoms with Gasteiger partial charge in [-0.3, -0.25) is 0 Å². The minimum Gasteiger partial charge on any atom is -0.383 e. The standard InChI is InChI=1S/C25H30FN7O3S2/c1-5-20-24(30(2)25-28-21(16-37-25)17-6-8-18(26)9-7-17)33-22(27-20)10-11-23(29-33)31-12-13-32(38(4,34)35)19(14-31)15-36-3/h6-11,16,19H,5,12-15H2,1-4H3. The molecule has 1 atom stereocenters. The van der Waals surface area contributed by atoms with Gasteiger partial charge in [-0.25, -0.2) is 22.8 Å². The molecule has 0 N–H and O–H groups in total. The smallest absolute Gasteiger partial charge is 0.211 e. The molecule has 13 heteroatoms. The number of methoxy groups -OCH3 is 1. The summed E-state index contributed by atoms with van der Waals surface area (Å²) in [5.74, 6) is 1.26. The van der Waals surface area contributed by atoms with E-state index in [0.29, 0.717) is 38.3 Å². The van der Waals surface area contributed by atoms with E-state index in [1.54, 1.807) is 19.2 Å². The molecular formula is C25H30FN7O3S2. The number of anilines is 3. The molecule has 0 aliphatic carbocycles. The second-order valence-corrected chi connectivity index (χ2v) is 12.0. The van der Waals surface area contributed by atoms with Gasteiger partial charge in [0.2, 0.25) is 10.0 Å². The first-order valence-corrected chi connectivity index (χ1v) is 15.0. The third-order valence-corrected chi connectivity index (χ3v) is 8.87. The van der Waals surface area contributed by atoms with Crippen LogP contribution in [0.25, 0.3) is 16.9 Å². The highest BCUT2D eigenvalue weighted by Gasteiger charge is 2.33. The van der Waals surface area contributed by atoms with Gasteiger partial charge in [-0.2, -0.15) is 8.82 Å². The first kappa shape index (κ1) is 26.5. The molecule has 4 heterocycles. The zero-order chi connectivity index (χ0) is 27.0. The predicted octanol–water partition coefficient (Wildman–Crippen LogP) is 3.42. The zero-order valence-corrected chi connectivity index (χ0v) is 23.3. The number of fused-ring (bicyclic) bond motifs is 1. The monoisotopic (exact) mass is 559 g/mol. The van der Waals surface area contributed by atoms with Crippen molar-refractivity contribution in [3.63, 3.8) is 0 Å². The number of benzene rings is 1. The highest BCUT2D eigenvalue weighted by molar-refractivity contribution is 7.88. The number of ether oxygens (including phenoxy) is 1. The number of halogens is 1. The molecule has 3 aromatic heterocycles. The number of imidazole rings is 1. The van der Waals surface area contributed by atoms with E-state index in [-0.39, 0.29) is 11.9 Å². The minimum atomic E-state index is -3.35. The molecule has 1 saturated heterocycles. The molecule has 4 aromatic rings. The molecule has 1 aromatic carbocycles. The van der Waals surface area contributed by atoms with E-state index in [0.717, 1.165) is 33.7 Å². The Balaban J connectivity index is 1.47. The van der Waals surface area contributed by atoms with Gasteiger partial charge in [-0.05, 0) is 42.8 Å². The molecule has 1 unspecified atom stereocenters. The molecule has 0 bridgehead atoms. The van der Waals surface area contributed by atoms with Crippen LogP contribution in [0.3, 0.4) is 0 Å². The van der Waals surface area contributed by atoms with Gasteiger partial charge in [0.05, 0.1) is 30.3 Å². The van der Waals surface area contributed by atoms with Crippen molar-refractivity contribution in [2.24, 2.45) is 0 Å². The van der Waals surface area contributed by atoms with Crippen molar-refractivity contribution in [1.29, 1.82) is 0 Å². The average Bonchev–Trinajstić information content (AvgIpc) is 3.53. The minimum absolute atomic E-state index is 0.284. The summed E-state index contributed by atoms with van der Waals surface area (Å²) in [6.07, 6.45) is 1.94. The number of sulfonamides is 1. The van der Waals surface area contributed by atoms with Crippen LogP contribution in [0, 0.1) is 5.82 Å². The van der Waals surface area contributed by atoms with Crippen molar-refractivity contribution in [2.45, 2.75) is 19.4 Å². The highest BCUT2D eigenvalue weighted by atomic mass is 32.2. The molecule has 202 valence electrons. The van der Waals surface area contributed by atoms with Crippen molar-refractivity contribution < 1.29 is 17.5 Å². The Morgan fingerprint density at radius 1 is 1.16 bits per heavy atom. The van der Waals surface area contributed by atoms with E-state index in [1.807, 2.05) is 40.9 Å². The fourth-order valence-corrected chi connectivity index (χ4v) is 6.66. The Morgan fingerprint density at radius 3 is 2.61 bits per heavy atom. The molecule has 0 radical (unpaired) electrons. The van der Waals surface area contributed by atoms with Gasteiger partial charge in [-0.15, -0.1) is 16.4 Å². The zero-order valence-electron chi connectivity index (χ0n) is 21.7. The molecule has 10 nitrogen and oxygen atoms in total. The lowest BCUT2D eigenvalue weighted by Crippen LogP contribution is -2.56. The summed E-state index contributed by atoms with van der Waals surface area (Å²) >= 11 is 1.49. The van der Waals surface area contributed by atoms with Crippen molar-refractivity contribution in [1.82, 2.24) is 23.9 Å². The van der Waals surface area contributed by atoms with E-state index in [4.69, 9.17) is 19.8 Å². The van der Waals surface area contributed by atoms with Crippen LogP contribution in [0.4, 0.5) is 21.2 Å². The Labute approximate surface area is 225 Å². The molecule has 5 rings (SSSR count). The van der Waals surface area contributed by atoms with Crippen molar-refractivity contribution in [3.8, 4) is 11.3 Å². The fourth-order valence-electron chi connectivity index (χ4n) is 4.77. The van der Waals surface area contributed by atoms with Crippen molar-refractivity contribution in [2.75, 3.05) is 56.5 Å². The molecule has 38 heavy (non-hydrogen) atoms. The first-order valence-electron chi connectivity index (χ1n) is 12.2. The number of aromatic nitrogens is 4. The number of nitrogens with zero attached hydrogens (tertiary/aromatic N) is 7. The van der Waals surface area contributed by atoms with Crippen LogP contribution in [-0.2, 0) is 21.2 Å². The molecule has 0 saturated carbocycles. The van der Waals surface area contributed by atoms with Crippen LogP contribution in [0.5, 0.6) is 0 Å². The Hall–Kier alpha value is -3.13. The molecule has 0 spiro atoms. The molecular weight excluding hydrogens is 529 g/mol. The summed E-state index contributed by atoms with van der Waals surface area (Å²) in [5.41, 5.74) is 3.21. The summed E-state index contributed by atoms with van der Waals surface area (Å²) < 4.78 is 46.6. The van der Waals surface area contributed by atoms with E-state index < -0.39 is 10.0 Å². The van der Waals surface area contributed by atoms with Gasteiger partial charge in [0.1, 0.15) is 11.6 Å². The van der Waals surface area contributed by atoms with E-state index >= 15 is 0 Å². The number of thiazole rings is 1. The van der Waals surface area contributed by atoms with Crippen LogP contribution >= 0.6 is 11.3 Å². The normalized spacial score (nSPS) is 16.9. The van der Waals surface area contributed by atoms with Gasteiger partial charge in [0.25, 0.3) is 0 Å². The second kappa shape index (κ2) is 10.6. The third-order valence-electron chi connectivity index (χ3n) is 6.62. The van der Waals surface area contributed by atoms with Crippen LogP contribution in [0.2, 0.25) is 0 Å². The first-order chi connectivity index (χ1) is 18.2. The number of piperazine rings is 1. The summed E-state index contributed by atoms with van der Waals surface area (Å²) in [6, 6.07) is 9.83. The summed E-state index contributed by atoms with van der Waals surface area (Å²) in [7, 11) is 0.161. The van der Waals surface area contributed by atoms with Crippen molar-refractivity contribution in [3.05, 3.63) is 53.3 Å². The SMILES string of the molecule is CCc1nc2ccc(N3CCN(S(C)(=O)=O)C(COC)C3)nn2c1N(C)c1nc(-c2ccc(F)cc2)cs1. The summed E-state index contributed by atoms with van der Waals surface area (Å²) in [5, 5.41) is 7.64. The van der Waals surface area contributed by atoms with E-state index in [9.17, 15) is 12.8 Å². The summed E-state index contributed by atoms with van der Waals surface area (Å²) in [6.45, 7) is 3.68. The van der Waals surface area contributed by atoms with Gasteiger partial charge in [0, 0.05) is 44.7 Å². The number of rotatable bonds is 8.